The van der Waals surface area contributed by atoms with Gasteiger partial charge >= 0.3 is 5.97 Å². The summed E-state index contributed by atoms with van der Waals surface area (Å²) in [6, 6.07) is 7.80. The molecular formula is C20H24N2O4. The van der Waals surface area contributed by atoms with Gasteiger partial charge in [-0.2, -0.15) is 0 Å². The van der Waals surface area contributed by atoms with Gasteiger partial charge in [0.2, 0.25) is 0 Å². The van der Waals surface area contributed by atoms with Crippen molar-refractivity contribution < 1.29 is 19.4 Å². The normalized spacial score (nSPS) is 17.1. The predicted octanol–water partition coefficient (Wildman–Crippen LogP) is 2.82. The second kappa shape index (κ2) is 6.96. The van der Waals surface area contributed by atoms with Crippen LogP contribution in [0.15, 0.2) is 24.3 Å². The van der Waals surface area contributed by atoms with Crippen molar-refractivity contribution in [2.24, 2.45) is 0 Å². The fraction of sp³-hybridized carbons (Fsp3) is 0.400. The van der Waals surface area contributed by atoms with Gasteiger partial charge in [-0.05, 0) is 51.3 Å². The van der Waals surface area contributed by atoms with Crippen molar-refractivity contribution in [1.82, 2.24) is 4.98 Å². The van der Waals surface area contributed by atoms with Crippen LogP contribution in [-0.4, -0.2) is 34.6 Å². The highest BCUT2D eigenvalue weighted by molar-refractivity contribution is 5.99. The van der Waals surface area contributed by atoms with Crippen LogP contribution in [0, 0.1) is 13.8 Å². The van der Waals surface area contributed by atoms with Gasteiger partial charge in [-0.15, -0.1) is 0 Å². The molecule has 2 heterocycles. The van der Waals surface area contributed by atoms with E-state index in [4.69, 9.17) is 4.74 Å². The van der Waals surface area contributed by atoms with Gasteiger partial charge in [-0.1, -0.05) is 18.2 Å². The first-order valence-corrected chi connectivity index (χ1v) is 8.75. The smallest absolute Gasteiger partial charge is 0.355 e. The highest BCUT2D eigenvalue weighted by atomic mass is 16.5. The summed E-state index contributed by atoms with van der Waals surface area (Å²) in [5.41, 5.74) is 4.33. The molecule has 2 aromatic rings. The van der Waals surface area contributed by atoms with E-state index in [1.54, 1.807) is 25.7 Å². The van der Waals surface area contributed by atoms with Gasteiger partial charge in [0.05, 0.1) is 6.10 Å². The van der Waals surface area contributed by atoms with Crippen molar-refractivity contribution >= 4 is 17.6 Å². The molecule has 0 bridgehead atoms. The number of carbonyl (C=O) groups is 2. The molecule has 2 N–H and O–H groups in total. The summed E-state index contributed by atoms with van der Waals surface area (Å²) in [6.07, 6.45) is 0.110. The zero-order valence-electron chi connectivity index (χ0n) is 15.5. The summed E-state index contributed by atoms with van der Waals surface area (Å²) in [7, 11) is 0. The maximum atomic E-state index is 12.6. The van der Waals surface area contributed by atoms with E-state index in [9.17, 15) is 14.7 Å². The number of carbonyl (C=O) groups excluding carboxylic acids is 2. The van der Waals surface area contributed by atoms with Gasteiger partial charge < -0.3 is 19.7 Å². The SMILES string of the molecule is Cc1[nH]c(C(=O)OCC(=O)N2c3ccccc3C[C@H]2C)c(C)c1[C@H](C)O. The largest absolute Gasteiger partial charge is 0.451 e. The Labute approximate surface area is 152 Å². The van der Waals surface area contributed by atoms with Crippen molar-refractivity contribution in [3.63, 3.8) is 0 Å². The van der Waals surface area contributed by atoms with Crippen LogP contribution in [0.5, 0.6) is 0 Å². The molecule has 26 heavy (non-hydrogen) atoms. The number of para-hydroxylation sites is 1. The number of aliphatic hydroxyl groups excluding tert-OH is 1. The van der Waals surface area contributed by atoms with E-state index < -0.39 is 12.1 Å². The fourth-order valence-electron chi connectivity index (χ4n) is 3.81. The number of aliphatic hydroxyl groups is 1. The minimum Gasteiger partial charge on any atom is -0.451 e. The van der Waals surface area contributed by atoms with Crippen molar-refractivity contribution in [2.45, 2.75) is 46.3 Å². The lowest BCUT2D eigenvalue weighted by Gasteiger charge is -2.22. The molecule has 1 amide bonds. The van der Waals surface area contributed by atoms with Gasteiger partial charge in [0.1, 0.15) is 5.69 Å². The predicted molar refractivity (Wildman–Crippen MR) is 98.3 cm³/mol. The number of nitrogens with one attached hydrogen (secondary N) is 1. The number of rotatable bonds is 4. The number of hydrogen-bond donors (Lipinski definition) is 2. The summed E-state index contributed by atoms with van der Waals surface area (Å²) < 4.78 is 5.25. The molecule has 0 saturated carbocycles. The van der Waals surface area contributed by atoms with Gasteiger partial charge in [-0.25, -0.2) is 4.79 Å². The standard InChI is InChI=1S/C20H24N2O4/c1-11-9-15-7-5-6-8-16(15)22(11)17(24)10-26-20(25)19-12(2)18(14(4)23)13(3)21-19/h5-8,11,14,21,23H,9-10H2,1-4H3/t11-,14+/m1/s1. The molecular weight excluding hydrogens is 332 g/mol. The molecule has 138 valence electrons. The number of aryl methyl sites for hydroxylation is 1. The van der Waals surface area contributed by atoms with Gasteiger partial charge in [-0.3, -0.25) is 4.79 Å². The molecule has 1 aromatic heterocycles. The highest BCUT2D eigenvalue weighted by Gasteiger charge is 2.31. The monoisotopic (exact) mass is 356 g/mol. The summed E-state index contributed by atoms with van der Waals surface area (Å²) in [4.78, 5) is 29.7. The van der Waals surface area contributed by atoms with E-state index in [-0.39, 0.29) is 24.2 Å². The van der Waals surface area contributed by atoms with E-state index in [0.29, 0.717) is 11.1 Å². The lowest BCUT2D eigenvalue weighted by atomic mass is 10.1. The van der Waals surface area contributed by atoms with Gasteiger partial charge in [0, 0.05) is 23.0 Å². The fourth-order valence-corrected chi connectivity index (χ4v) is 3.81. The Kier molecular flexibility index (Phi) is 4.87. The lowest BCUT2D eigenvalue weighted by Crippen LogP contribution is -2.38. The Balaban J connectivity index is 1.71. The molecule has 2 atom stereocenters. The van der Waals surface area contributed by atoms with E-state index in [1.165, 1.54) is 0 Å². The van der Waals surface area contributed by atoms with Crippen LogP contribution in [0.1, 0.15) is 52.8 Å². The molecule has 0 radical (unpaired) electrons. The molecule has 1 aromatic carbocycles. The molecule has 1 aliphatic rings. The van der Waals surface area contributed by atoms with E-state index >= 15 is 0 Å². The van der Waals surface area contributed by atoms with Crippen molar-refractivity contribution in [3.05, 3.63) is 52.3 Å². The minimum atomic E-state index is -0.684. The quantitative estimate of drug-likeness (QED) is 0.825. The minimum absolute atomic E-state index is 0.0370. The maximum absolute atomic E-state index is 12.6. The first-order valence-electron chi connectivity index (χ1n) is 8.75. The third-order valence-electron chi connectivity index (χ3n) is 4.92. The van der Waals surface area contributed by atoms with Crippen LogP contribution in [-0.2, 0) is 16.0 Å². The van der Waals surface area contributed by atoms with Crippen LogP contribution >= 0.6 is 0 Å². The number of ether oxygens (including phenoxy) is 1. The number of H-pyrrole nitrogens is 1. The van der Waals surface area contributed by atoms with Crippen LogP contribution in [0.3, 0.4) is 0 Å². The maximum Gasteiger partial charge on any atom is 0.355 e. The summed E-state index contributed by atoms with van der Waals surface area (Å²) >= 11 is 0. The second-order valence-corrected chi connectivity index (χ2v) is 6.86. The number of benzene rings is 1. The number of anilines is 1. The molecule has 0 spiro atoms. The number of fused-ring (bicyclic) bond motifs is 1. The third kappa shape index (κ3) is 3.12. The highest BCUT2D eigenvalue weighted by Crippen LogP contribution is 2.32. The zero-order valence-corrected chi connectivity index (χ0v) is 15.5. The molecule has 1 aliphatic heterocycles. The van der Waals surface area contributed by atoms with Crippen LogP contribution in [0.4, 0.5) is 5.69 Å². The summed E-state index contributed by atoms with van der Waals surface area (Å²) in [5.74, 6) is -0.835. The average molecular weight is 356 g/mol. The zero-order chi connectivity index (χ0) is 19.0. The first kappa shape index (κ1) is 18.2. The van der Waals surface area contributed by atoms with Gasteiger partial charge in [0.15, 0.2) is 6.61 Å². The number of aromatic amines is 1. The molecule has 6 nitrogen and oxygen atoms in total. The lowest BCUT2D eigenvalue weighted by molar-refractivity contribution is -0.122. The molecule has 6 heteroatoms. The van der Waals surface area contributed by atoms with Crippen LogP contribution in [0.2, 0.25) is 0 Å². The summed E-state index contributed by atoms with van der Waals surface area (Å²) in [6.45, 7) is 6.85. The molecule has 0 aliphatic carbocycles. The number of esters is 1. The Morgan fingerprint density at radius 2 is 2.04 bits per heavy atom. The van der Waals surface area contributed by atoms with Crippen molar-refractivity contribution in [3.8, 4) is 0 Å². The van der Waals surface area contributed by atoms with E-state index in [0.717, 1.165) is 23.4 Å². The Morgan fingerprint density at radius 1 is 1.35 bits per heavy atom. The third-order valence-corrected chi connectivity index (χ3v) is 4.92. The van der Waals surface area contributed by atoms with E-state index in [2.05, 4.69) is 4.98 Å². The Morgan fingerprint density at radius 3 is 2.69 bits per heavy atom. The molecule has 0 fully saturated rings. The number of amides is 1. The van der Waals surface area contributed by atoms with Crippen LogP contribution in [0.25, 0.3) is 0 Å². The second-order valence-electron chi connectivity index (χ2n) is 6.86. The van der Waals surface area contributed by atoms with Crippen molar-refractivity contribution in [2.75, 3.05) is 11.5 Å². The summed E-state index contributed by atoms with van der Waals surface area (Å²) in [5, 5.41) is 9.83. The van der Waals surface area contributed by atoms with Crippen LogP contribution < -0.4 is 4.90 Å². The molecule has 0 unspecified atom stereocenters. The average Bonchev–Trinajstić information content (AvgIpc) is 3.07. The topological polar surface area (TPSA) is 82.6 Å². The molecule has 3 rings (SSSR count). The molecule has 0 saturated heterocycles. The number of nitrogens with zero attached hydrogens (tertiary/aromatic N) is 1. The first-order chi connectivity index (χ1) is 12.3. The number of aromatic nitrogens is 1. The Hall–Kier alpha value is -2.60. The van der Waals surface area contributed by atoms with Gasteiger partial charge in [0.25, 0.3) is 5.91 Å². The number of hydrogen-bond acceptors (Lipinski definition) is 4. The Bertz CT molecular complexity index is 853. The van der Waals surface area contributed by atoms with E-state index in [1.807, 2.05) is 31.2 Å². The van der Waals surface area contributed by atoms with Crippen molar-refractivity contribution in [1.29, 1.82) is 0 Å².